The molecule has 0 aliphatic heterocycles. The number of alkyl halides is 24. The second-order valence-electron chi connectivity index (χ2n) is 16.2. The summed E-state index contributed by atoms with van der Waals surface area (Å²) in [4.78, 5) is 5.74. The molecule has 28 heteroatoms. The summed E-state index contributed by atoms with van der Waals surface area (Å²) in [6.07, 6.45) is -50.9. The molecule has 0 aliphatic carbocycles. The molecular formula is C47H23BBrF24NO. The van der Waals surface area contributed by atoms with Crippen molar-refractivity contribution in [3.63, 3.8) is 0 Å². The summed E-state index contributed by atoms with van der Waals surface area (Å²) < 4.78 is 344. The van der Waals surface area contributed by atoms with Crippen LogP contribution >= 0.6 is 15.9 Å². The number of hydrogen-bond donors (Lipinski definition) is 0. The van der Waals surface area contributed by atoms with Crippen molar-refractivity contribution in [2.45, 2.75) is 49.4 Å². The first kappa shape index (κ1) is 57.7. The van der Waals surface area contributed by atoms with E-state index in [0.29, 0.717) is 0 Å². The first-order valence-electron chi connectivity index (χ1n) is 20.3. The van der Waals surface area contributed by atoms with Crippen molar-refractivity contribution in [2.24, 2.45) is 0 Å². The van der Waals surface area contributed by atoms with Crippen LogP contribution in [0, 0.1) is 0 Å². The number of benzene rings is 6. The summed E-state index contributed by atoms with van der Waals surface area (Å²) in [5.41, 5.74) is -30.2. The van der Waals surface area contributed by atoms with Gasteiger partial charge in [-0.2, -0.15) is 127 Å². The maximum Gasteiger partial charge on any atom is 0.416 e. The van der Waals surface area contributed by atoms with E-state index in [1.807, 2.05) is 54.9 Å². The van der Waals surface area contributed by atoms with Gasteiger partial charge in [-0.15, -0.1) is 0 Å². The zero-order valence-corrected chi connectivity index (χ0v) is 37.7. The van der Waals surface area contributed by atoms with Crippen LogP contribution in [0.5, 0.6) is 5.75 Å². The fourth-order valence-electron chi connectivity index (χ4n) is 7.86. The van der Waals surface area contributed by atoms with Gasteiger partial charge in [0.05, 0.1) is 49.9 Å². The molecule has 0 amide bonds. The molecule has 0 saturated heterocycles. The maximum absolute atomic E-state index is 14.2. The number of halogens is 25. The van der Waals surface area contributed by atoms with Crippen molar-refractivity contribution in [3.05, 3.63) is 189 Å². The minimum Gasteiger partial charge on any atom is -0.232 e. The van der Waals surface area contributed by atoms with Gasteiger partial charge in [0.1, 0.15) is 6.15 Å². The zero-order valence-electron chi connectivity index (χ0n) is 36.2. The highest BCUT2D eigenvalue weighted by Crippen LogP contribution is 2.41. The van der Waals surface area contributed by atoms with Gasteiger partial charge in [0.2, 0.25) is 18.1 Å². The van der Waals surface area contributed by atoms with Gasteiger partial charge in [0.15, 0.2) is 0 Å². The molecule has 1 heterocycles. The Labute approximate surface area is 412 Å². The fraction of sp³-hybridized carbons (Fsp3) is 0.170. The molecule has 0 radical (unpaired) electrons. The van der Waals surface area contributed by atoms with Crippen molar-refractivity contribution >= 4 is 54.7 Å². The number of hydrogen-bond acceptors (Lipinski definition) is 1. The molecule has 75 heavy (non-hydrogen) atoms. The molecule has 1 aromatic heterocycles. The van der Waals surface area contributed by atoms with Gasteiger partial charge in [0.25, 0.3) is 0 Å². The van der Waals surface area contributed by atoms with Crippen LogP contribution in [0.4, 0.5) is 105 Å². The van der Waals surface area contributed by atoms with E-state index in [9.17, 15) is 105 Å². The molecule has 0 atom stereocenters. The molecule has 0 N–H and O–H groups in total. The Morgan fingerprint density at radius 2 is 0.573 bits per heavy atom. The van der Waals surface area contributed by atoms with Crippen LogP contribution in [-0.4, -0.2) is 6.15 Å². The van der Waals surface area contributed by atoms with Crippen molar-refractivity contribution in [3.8, 4) is 5.75 Å². The Bertz CT molecular complexity index is 2760. The quantitative estimate of drug-likeness (QED) is 0.0919. The van der Waals surface area contributed by atoms with Crippen molar-refractivity contribution in [1.82, 2.24) is 0 Å². The lowest BCUT2D eigenvalue weighted by molar-refractivity contribution is -0.874. The maximum atomic E-state index is 14.2. The zero-order chi connectivity index (χ0) is 56.3. The van der Waals surface area contributed by atoms with Gasteiger partial charge >= 0.3 is 49.4 Å². The topological polar surface area (TPSA) is 13.1 Å². The highest BCUT2D eigenvalue weighted by molar-refractivity contribution is 9.10. The average molecular weight is 1160 g/mol. The summed E-state index contributed by atoms with van der Waals surface area (Å²) >= 11 is 3.40. The molecule has 7 rings (SSSR count). The molecule has 400 valence electrons. The minimum absolute atomic E-state index is 0.691. The Hall–Kier alpha value is -6.61. The second kappa shape index (κ2) is 19.8. The molecule has 7 aromatic rings. The molecule has 0 unspecified atom stereocenters. The van der Waals surface area contributed by atoms with Crippen molar-refractivity contribution in [2.75, 3.05) is 0 Å². The molecule has 0 saturated carbocycles. The largest absolute Gasteiger partial charge is 0.416 e. The molecule has 0 bridgehead atoms. The summed E-state index contributed by atoms with van der Waals surface area (Å²) in [6.45, 7) is 0. The van der Waals surface area contributed by atoms with Crippen LogP contribution in [0.3, 0.4) is 0 Å². The van der Waals surface area contributed by atoms with Gasteiger partial charge in [0, 0.05) is 15.3 Å². The van der Waals surface area contributed by atoms with Gasteiger partial charge < -0.3 is 0 Å². The van der Waals surface area contributed by atoms with Crippen LogP contribution in [0.15, 0.2) is 144 Å². The Balaban J connectivity index is 0.000000421. The number of aromatic nitrogens is 1. The highest BCUT2D eigenvalue weighted by Gasteiger charge is 2.47. The first-order valence-corrected chi connectivity index (χ1v) is 21.1. The summed E-state index contributed by atoms with van der Waals surface area (Å²) in [6, 6.07) is 9.18. The number of nitrogens with zero attached hydrogens (tertiary/aromatic N) is 1. The number of fused-ring (bicyclic) bond motifs is 1. The predicted molar refractivity (Wildman–Crippen MR) is 224 cm³/mol. The van der Waals surface area contributed by atoms with Crippen LogP contribution in [0.2, 0.25) is 0 Å². The second-order valence-corrected chi connectivity index (χ2v) is 17.1. The van der Waals surface area contributed by atoms with E-state index in [1.165, 1.54) is 5.39 Å². The summed E-state index contributed by atoms with van der Waals surface area (Å²) in [5, 5.41) is 2.35. The third kappa shape index (κ3) is 13.3. The molecule has 6 aromatic carbocycles. The van der Waals surface area contributed by atoms with E-state index in [4.69, 9.17) is 4.84 Å². The van der Waals surface area contributed by atoms with E-state index in [2.05, 4.69) is 28.1 Å². The van der Waals surface area contributed by atoms with Crippen LogP contribution in [0.1, 0.15) is 44.5 Å². The van der Waals surface area contributed by atoms with Gasteiger partial charge in [-0.3, -0.25) is 0 Å². The van der Waals surface area contributed by atoms with E-state index in [-0.39, 0.29) is 0 Å². The van der Waals surface area contributed by atoms with E-state index >= 15 is 0 Å². The Morgan fingerprint density at radius 1 is 0.320 bits per heavy atom. The van der Waals surface area contributed by atoms with E-state index in [1.54, 1.807) is 4.73 Å². The summed E-state index contributed by atoms with van der Waals surface area (Å²) in [5.74, 6) is 0.804. The average Bonchev–Trinajstić information content (AvgIpc) is 3.27. The molecule has 0 spiro atoms. The SMILES string of the molecule is Brc1ccc(O[n+]2ccc3ccccc3c2)cc1.FC(F)(F)c1cc([B-](c2cc(C(F)(F)F)cc(C(F)(F)F)c2)(c2cc(C(F)(F)F)cc(C(F)(F)F)c2)c2cc(C(F)(F)F)cc(C(F)(F)F)c2)cc(C(F)(F)F)c1. The first-order chi connectivity index (χ1) is 34.1. The molecule has 2 nitrogen and oxygen atoms in total. The van der Waals surface area contributed by atoms with E-state index < -0.39 is 195 Å². The molecule has 0 fully saturated rings. The van der Waals surface area contributed by atoms with Crippen LogP contribution < -0.4 is 31.4 Å². The van der Waals surface area contributed by atoms with Crippen LogP contribution in [-0.2, 0) is 49.4 Å². The number of rotatable bonds is 6. The molecular weight excluding hydrogens is 1140 g/mol. The number of pyridine rings is 1. The Morgan fingerprint density at radius 3 is 0.827 bits per heavy atom. The van der Waals surface area contributed by atoms with E-state index in [0.717, 1.165) is 15.6 Å². The standard InChI is InChI=1S/C32H12BF24.C15H11BrNO/c34-25(35,36)13-1-14(26(37,38)39)6-21(5-13)33(22-7-15(27(40,41)42)2-16(8-22)28(43,44)45,23-9-17(29(46,47)48)3-18(10-23)30(49,50)51)24-11-19(31(52,53)54)4-20(12-24)32(55,56)57;16-14-5-7-15(8-6-14)18-17-10-9-12-3-1-2-4-13(12)11-17/h1-12H;1-11H/q-1;+1. The third-order valence-electron chi connectivity index (χ3n) is 11.1. The fourth-order valence-corrected chi connectivity index (χ4v) is 8.12. The normalized spacial score (nSPS) is 13.4. The lowest BCUT2D eigenvalue weighted by Gasteiger charge is -2.46. The van der Waals surface area contributed by atoms with Gasteiger partial charge in [-0.25, -0.2) is 4.84 Å². The minimum atomic E-state index is -6.13. The van der Waals surface area contributed by atoms with Gasteiger partial charge in [-0.1, -0.05) is 82.7 Å². The summed E-state index contributed by atoms with van der Waals surface area (Å²) in [7, 11) is 0. The lowest BCUT2D eigenvalue weighted by atomic mass is 9.12. The Kier molecular flexibility index (Phi) is 15.2. The predicted octanol–water partition coefficient (Wildman–Crippen LogP) is 14.9. The monoisotopic (exact) mass is 1160 g/mol. The third-order valence-corrected chi connectivity index (χ3v) is 11.7. The van der Waals surface area contributed by atoms with Gasteiger partial charge in [-0.05, 0) is 60.0 Å². The molecule has 0 aliphatic rings. The lowest BCUT2D eigenvalue weighted by Crippen LogP contribution is -2.75. The van der Waals surface area contributed by atoms with Crippen molar-refractivity contribution < 1.29 is 115 Å². The van der Waals surface area contributed by atoms with Crippen LogP contribution in [0.25, 0.3) is 10.8 Å². The smallest absolute Gasteiger partial charge is 0.232 e. The highest BCUT2D eigenvalue weighted by atomic mass is 79.9. The van der Waals surface area contributed by atoms with Crippen molar-refractivity contribution in [1.29, 1.82) is 0 Å².